The monoisotopic (exact) mass is 451 g/mol. The smallest absolute Gasteiger partial charge is 0.246 e. The van der Waals surface area contributed by atoms with Crippen LogP contribution in [0.5, 0.6) is 11.5 Å². The molecule has 2 aliphatic heterocycles. The first-order valence-corrected chi connectivity index (χ1v) is 11.5. The summed E-state index contributed by atoms with van der Waals surface area (Å²) in [7, 11) is -3.84. The topological polar surface area (TPSA) is 73.6 Å². The van der Waals surface area contributed by atoms with Crippen molar-refractivity contribution in [3.63, 3.8) is 0 Å². The van der Waals surface area contributed by atoms with Crippen LogP contribution < -0.4 is 4.74 Å². The van der Waals surface area contributed by atoms with E-state index in [1.165, 1.54) is 22.5 Å². The molecule has 0 bridgehead atoms. The van der Waals surface area contributed by atoms with Gasteiger partial charge in [-0.25, -0.2) is 8.42 Å². The Kier molecular flexibility index (Phi) is 5.74. The van der Waals surface area contributed by atoms with E-state index in [0.717, 1.165) is 19.4 Å². The van der Waals surface area contributed by atoms with E-state index in [1.54, 1.807) is 18.2 Å². The lowest BCUT2D eigenvalue weighted by molar-refractivity contribution is 0.158. The lowest BCUT2D eigenvalue weighted by Crippen LogP contribution is -2.51. The molecule has 2 fully saturated rings. The Hall–Kier alpha value is -1.82. The third-order valence-corrected chi connectivity index (χ3v) is 7.63. The summed E-state index contributed by atoms with van der Waals surface area (Å²) in [4.78, 5) is 2.31. The number of hydrogen-bond donors (Lipinski definition) is 0. The van der Waals surface area contributed by atoms with Crippen LogP contribution in [0, 0.1) is 11.3 Å². The number of rotatable bonds is 4. The first-order valence-electron chi connectivity index (χ1n) is 9.29. The molecule has 0 aromatic heterocycles. The minimum absolute atomic E-state index is 0.0286. The van der Waals surface area contributed by atoms with Crippen molar-refractivity contribution in [3.8, 4) is 17.6 Å². The summed E-state index contributed by atoms with van der Waals surface area (Å²) in [6.45, 7) is 2.59. The molecule has 2 saturated heterocycles. The predicted octanol–water partition coefficient (Wildman–Crippen LogP) is 4.13. The highest BCUT2D eigenvalue weighted by Gasteiger charge is 2.37. The third kappa shape index (κ3) is 4.23. The second kappa shape index (κ2) is 8.13. The molecular weight excluding hydrogens is 433 g/mol. The van der Waals surface area contributed by atoms with Gasteiger partial charge in [-0.05, 0) is 55.8 Å². The number of nitrogens with zero attached hydrogens (tertiary/aromatic N) is 3. The molecule has 9 heteroatoms. The van der Waals surface area contributed by atoms with Crippen LogP contribution in [0.2, 0.25) is 10.0 Å². The molecule has 0 aliphatic carbocycles. The summed E-state index contributed by atoms with van der Waals surface area (Å²) < 4.78 is 34.2. The number of benzene rings is 2. The molecule has 6 nitrogen and oxygen atoms in total. The predicted molar refractivity (Wildman–Crippen MR) is 111 cm³/mol. The molecule has 2 heterocycles. The van der Waals surface area contributed by atoms with E-state index in [9.17, 15) is 13.7 Å². The number of halogens is 2. The molecule has 1 atom stereocenters. The van der Waals surface area contributed by atoms with Gasteiger partial charge >= 0.3 is 0 Å². The number of hydrogen-bond acceptors (Lipinski definition) is 5. The highest BCUT2D eigenvalue weighted by atomic mass is 35.5. The number of piperazine rings is 1. The van der Waals surface area contributed by atoms with Crippen LogP contribution >= 0.6 is 23.2 Å². The van der Waals surface area contributed by atoms with Gasteiger partial charge in [0.1, 0.15) is 16.4 Å². The summed E-state index contributed by atoms with van der Waals surface area (Å²) in [6.07, 6.45) is 2.08. The largest absolute Gasteiger partial charge is 0.456 e. The molecule has 1 unspecified atom stereocenters. The van der Waals surface area contributed by atoms with Crippen LogP contribution in [0.25, 0.3) is 0 Å². The second-order valence-corrected chi connectivity index (χ2v) is 9.95. The van der Waals surface area contributed by atoms with E-state index < -0.39 is 10.0 Å². The van der Waals surface area contributed by atoms with Crippen LogP contribution in [-0.4, -0.2) is 49.8 Å². The summed E-state index contributed by atoms with van der Waals surface area (Å²) in [5.41, 5.74) is 0.250. The third-order valence-electron chi connectivity index (χ3n) is 5.30. The maximum atomic E-state index is 13.5. The molecular formula is C20H19Cl2N3O3S. The maximum Gasteiger partial charge on any atom is 0.246 e. The van der Waals surface area contributed by atoms with Crippen molar-refractivity contribution < 1.29 is 13.2 Å². The van der Waals surface area contributed by atoms with Gasteiger partial charge in [0.15, 0.2) is 0 Å². The fourth-order valence-electron chi connectivity index (χ4n) is 3.90. The van der Waals surface area contributed by atoms with Crippen molar-refractivity contribution in [3.05, 3.63) is 52.0 Å². The van der Waals surface area contributed by atoms with Crippen LogP contribution in [0.15, 0.2) is 41.3 Å². The van der Waals surface area contributed by atoms with Crippen molar-refractivity contribution in [1.29, 1.82) is 5.26 Å². The molecule has 0 saturated carbocycles. The maximum absolute atomic E-state index is 13.5. The summed E-state index contributed by atoms with van der Waals surface area (Å²) in [6, 6.07) is 11.3. The fourth-order valence-corrected chi connectivity index (χ4v) is 6.01. The van der Waals surface area contributed by atoms with Gasteiger partial charge < -0.3 is 4.74 Å². The zero-order valence-corrected chi connectivity index (χ0v) is 17.8. The average Bonchev–Trinajstić information content (AvgIpc) is 3.15. The van der Waals surface area contributed by atoms with Gasteiger partial charge in [-0.3, -0.25) is 4.90 Å². The Balaban J connectivity index is 1.70. The normalized spacial score (nSPS) is 20.2. The fraction of sp³-hybridized carbons (Fsp3) is 0.350. The average molecular weight is 452 g/mol. The number of fused-ring (bicyclic) bond motifs is 1. The van der Waals surface area contributed by atoms with Crippen LogP contribution in [-0.2, 0) is 10.0 Å². The van der Waals surface area contributed by atoms with Gasteiger partial charge in [0.2, 0.25) is 10.0 Å². The minimum atomic E-state index is -3.84. The highest BCUT2D eigenvalue weighted by molar-refractivity contribution is 7.89. The molecule has 0 N–H and O–H groups in total. The molecule has 2 aromatic carbocycles. The number of sulfonamides is 1. The number of ether oxygens (including phenoxy) is 1. The van der Waals surface area contributed by atoms with E-state index in [4.69, 9.17) is 27.9 Å². The highest BCUT2D eigenvalue weighted by Crippen LogP contribution is 2.35. The zero-order valence-electron chi connectivity index (χ0n) is 15.5. The van der Waals surface area contributed by atoms with Crippen molar-refractivity contribution in [1.82, 2.24) is 9.21 Å². The summed E-state index contributed by atoms with van der Waals surface area (Å²) >= 11 is 12.1. The number of nitriles is 1. The summed E-state index contributed by atoms with van der Waals surface area (Å²) in [5.74, 6) is 0.459. The van der Waals surface area contributed by atoms with Gasteiger partial charge in [-0.2, -0.15) is 9.57 Å². The van der Waals surface area contributed by atoms with Crippen LogP contribution in [0.4, 0.5) is 0 Å². The van der Waals surface area contributed by atoms with Crippen molar-refractivity contribution in [2.45, 2.75) is 23.8 Å². The van der Waals surface area contributed by atoms with Crippen LogP contribution in [0.1, 0.15) is 18.4 Å². The Morgan fingerprint density at radius 3 is 2.55 bits per heavy atom. The van der Waals surface area contributed by atoms with Gasteiger partial charge in [-0.1, -0.05) is 23.2 Å². The Morgan fingerprint density at radius 2 is 1.83 bits per heavy atom. The van der Waals surface area contributed by atoms with E-state index in [1.807, 2.05) is 6.07 Å². The van der Waals surface area contributed by atoms with Gasteiger partial charge in [-0.15, -0.1) is 0 Å². The van der Waals surface area contributed by atoms with Crippen molar-refractivity contribution in [2.24, 2.45) is 0 Å². The summed E-state index contributed by atoms with van der Waals surface area (Å²) in [5, 5.41) is 10.0. The minimum Gasteiger partial charge on any atom is -0.456 e. The molecule has 0 radical (unpaired) electrons. The SMILES string of the molecule is N#Cc1ccc(Oc2cc(Cl)cc(Cl)c2)c(S(=O)(=O)N2CCN3CCCC3C2)c1. The van der Waals surface area contributed by atoms with E-state index >= 15 is 0 Å². The first-order chi connectivity index (χ1) is 13.9. The quantitative estimate of drug-likeness (QED) is 0.698. The zero-order chi connectivity index (χ0) is 20.6. The Morgan fingerprint density at radius 1 is 1.07 bits per heavy atom. The second-order valence-electron chi connectivity index (χ2n) is 7.18. The van der Waals surface area contributed by atoms with Gasteiger partial charge in [0.25, 0.3) is 0 Å². The van der Waals surface area contributed by atoms with E-state index in [-0.39, 0.29) is 22.3 Å². The Bertz CT molecular complexity index is 1060. The van der Waals surface area contributed by atoms with E-state index in [0.29, 0.717) is 35.4 Å². The molecule has 2 aliphatic rings. The van der Waals surface area contributed by atoms with E-state index in [2.05, 4.69) is 4.90 Å². The molecule has 4 rings (SSSR count). The lowest BCUT2D eigenvalue weighted by Gasteiger charge is -2.36. The molecule has 152 valence electrons. The molecule has 0 spiro atoms. The molecule has 2 aromatic rings. The van der Waals surface area contributed by atoms with Crippen LogP contribution in [0.3, 0.4) is 0 Å². The van der Waals surface area contributed by atoms with Crippen molar-refractivity contribution >= 4 is 33.2 Å². The standard InChI is InChI=1S/C20H19Cl2N3O3S/c21-15-9-16(22)11-18(10-15)28-19-4-3-14(12-23)8-20(19)29(26,27)25-7-6-24-5-1-2-17(24)13-25/h3-4,8-11,17H,1-2,5-7,13H2. The first kappa shape index (κ1) is 20.5. The molecule has 29 heavy (non-hydrogen) atoms. The Labute approximate surface area is 180 Å². The lowest BCUT2D eigenvalue weighted by atomic mass is 10.2. The molecule has 0 amide bonds. The van der Waals surface area contributed by atoms with Gasteiger partial charge in [0.05, 0.1) is 11.6 Å². The van der Waals surface area contributed by atoms with Crippen molar-refractivity contribution in [2.75, 3.05) is 26.2 Å². The van der Waals surface area contributed by atoms with Gasteiger partial charge in [0, 0.05) is 35.7 Å².